The van der Waals surface area contributed by atoms with Gasteiger partial charge in [-0.2, -0.15) is 0 Å². The van der Waals surface area contributed by atoms with Crippen molar-refractivity contribution in [2.75, 3.05) is 46.1 Å². The number of benzene rings is 1. The van der Waals surface area contributed by atoms with Gasteiger partial charge in [-0.05, 0) is 42.0 Å². The summed E-state index contributed by atoms with van der Waals surface area (Å²) in [6.07, 6.45) is 1.33. The summed E-state index contributed by atoms with van der Waals surface area (Å²) in [5.41, 5.74) is 0.993. The first-order valence-corrected chi connectivity index (χ1v) is 15.0. The molecule has 9 heteroatoms. The monoisotopic (exact) mass is 491 g/mol. The highest BCUT2D eigenvalue weighted by atomic mass is 28.4. The molecule has 1 unspecified atom stereocenters. The largest absolute Gasteiger partial charge is 0.445 e. The SMILES string of the molecule is CC(C)(C)[Si](C)(CC1CCN(C(=O)OCc2ccccc2)CC1)OCOC(=O)N1CCNCC1. The molecule has 0 spiro atoms. The summed E-state index contributed by atoms with van der Waals surface area (Å²) in [5, 5.41) is 3.23. The number of nitrogens with zero attached hydrogens (tertiary/aromatic N) is 2. The Bertz CT molecular complexity index is 789. The van der Waals surface area contributed by atoms with Gasteiger partial charge in [-0.3, -0.25) is 0 Å². The van der Waals surface area contributed by atoms with Crippen LogP contribution in [-0.4, -0.2) is 76.4 Å². The van der Waals surface area contributed by atoms with Gasteiger partial charge >= 0.3 is 12.2 Å². The number of amides is 2. The maximum absolute atomic E-state index is 12.5. The Morgan fingerprint density at radius 2 is 1.56 bits per heavy atom. The summed E-state index contributed by atoms with van der Waals surface area (Å²) in [4.78, 5) is 28.4. The zero-order valence-corrected chi connectivity index (χ0v) is 22.2. The third-order valence-corrected chi connectivity index (χ3v) is 12.6. The molecular weight excluding hydrogens is 450 g/mol. The predicted octanol–water partition coefficient (Wildman–Crippen LogP) is 4.43. The van der Waals surface area contributed by atoms with Gasteiger partial charge in [-0.15, -0.1) is 0 Å². The summed E-state index contributed by atoms with van der Waals surface area (Å²) in [6.45, 7) is 13.5. The molecule has 0 saturated carbocycles. The van der Waals surface area contributed by atoms with Crippen molar-refractivity contribution in [3.63, 3.8) is 0 Å². The van der Waals surface area contributed by atoms with E-state index in [9.17, 15) is 9.59 Å². The Labute approximate surface area is 205 Å². The van der Waals surface area contributed by atoms with E-state index in [0.29, 0.717) is 38.7 Å². The molecule has 3 rings (SSSR count). The molecule has 1 aromatic carbocycles. The molecule has 0 aromatic heterocycles. The van der Waals surface area contributed by atoms with Crippen LogP contribution in [0, 0.1) is 5.92 Å². The fraction of sp³-hybridized carbons (Fsp3) is 0.680. The lowest BCUT2D eigenvalue weighted by Crippen LogP contribution is -2.49. The second-order valence-corrected chi connectivity index (χ2v) is 15.2. The van der Waals surface area contributed by atoms with E-state index < -0.39 is 8.32 Å². The summed E-state index contributed by atoms with van der Waals surface area (Å²) in [7, 11) is -2.21. The van der Waals surface area contributed by atoms with E-state index in [0.717, 1.165) is 37.5 Å². The van der Waals surface area contributed by atoms with Crippen LogP contribution < -0.4 is 5.32 Å². The lowest BCUT2D eigenvalue weighted by molar-refractivity contribution is 0.0245. The van der Waals surface area contributed by atoms with Gasteiger partial charge in [-0.1, -0.05) is 51.1 Å². The molecule has 1 aromatic rings. The lowest BCUT2D eigenvalue weighted by Gasteiger charge is -2.43. The molecule has 2 fully saturated rings. The third-order valence-electron chi connectivity index (χ3n) is 7.28. The lowest BCUT2D eigenvalue weighted by atomic mass is 9.99. The average molecular weight is 492 g/mol. The molecule has 2 saturated heterocycles. The maximum Gasteiger partial charge on any atom is 0.411 e. The van der Waals surface area contributed by atoms with Gasteiger partial charge in [0.1, 0.15) is 6.61 Å². The molecule has 2 aliphatic rings. The Kier molecular flexibility index (Phi) is 9.38. The van der Waals surface area contributed by atoms with Crippen LogP contribution >= 0.6 is 0 Å². The Hall–Kier alpha value is -2.10. The minimum atomic E-state index is -2.21. The molecule has 8 nitrogen and oxygen atoms in total. The molecule has 0 radical (unpaired) electrons. The second-order valence-electron chi connectivity index (χ2n) is 10.6. The number of rotatable bonds is 7. The molecule has 0 bridgehead atoms. The van der Waals surface area contributed by atoms with Crippen molar-refractivity contribution in [3.05, 3.63) is 35.9 Å². The van der Waals surface area contributed by atoms with E-state index in [1.54, 1.807) is 4.90 Å². The summed E-state index contributed by atoms with van der Waals surface area (Å²) in [6, 6.07) is 10.7. The Morgan fingerprint density at radius 3 is 2.18 bits per heavy atom. The van der Waals surface area contributed by atoms with Crippen molar-refractivity contribution in [2.24, 2.45) is 5.92 Å². The average Bonchev–Trinajstić information content (AvgIpc) is 2.83. The van der Waals surface area contributed by atoms with E-state index >= 15 is 0 Å². The second kappa shape index (κ2) is 12.0. The smallest absolute Gasteiger partial charge is 0.411 e. The van der Waals surface area contributed by atoms with E-state index in [1.807, 2.05) is 35.2 Å². The van der Waals surface area contributed by atoms with Crippen LogP contribution in [0.15, 0.2) is 30.3 Å². The van der Waals surface area contributed by atoms with E-state index in [4.69, 9.17) is 13.9 Å². The highest BCUT2D eigenvalue weighted by Gasteiger charge is 2.44. The zero-order valence-electron chi connectivity index (χ0n) is 21.2. The number of piperazine rings is 1. The quantitative estimate of drug-likeness (QED) is 0.449. The van der Waals surface area contributed by atoms with Gasteiger partial charge in [0, 0.05) is 39.3 Å². The number of carbonyl (C=O) groups is 2. The van der Waals surface area contributed by atoms with Gasteiger partial charge in [-0.25, -0.2) is 9.59 Å². The number of ether oxygens (including phenoxy) is 2. The molecule has 1 N–H and O–H groups in total. The van der Waals surface area contributed by atoms with Crippen molar-refractivity contribution >= 4 is 20.5 Å². The Morgan fingerprint density at radius 1 is 0.971 bits per heavy atom. The fourth-order valence-corrected chi connectivity index (χ4v) is 7.40. The number of hydrogen-bond acceptors (Lipinski definition) is 6. The normalized spacial score (nSPS) is 19.4. The van der Waals surface area contributed by atoms with Crippen LogP contribution in [0.3, 0.4) is 0 Å². The topological polar surface area (TPSA) is 80.3 Å². The molecule has 2 heterocycles. The summed E-state index contributed by atoms with van der Waals surface area (Å²) >= 11 is 0. The summed E-state index contributed by atoms with van der Waals surface area (Å²) < 4.78 is 17.3. The first kappa shape index (κ1) is 26.5. The van der Waals surface area contributed by atoms with Crippen LogP contribution in [0.2, 0.25) is 17.6 Å². The van der Waals surface area contributed by atoms with Crippen molar-refractivity contribution in [1.82, 2.24) is 15.1 Å². The Balaban J connectivity index is 1.44. The van der Waals surface area contributed by atoms with Gasteiger partial charge in [0.15, 0.2) is 15.1 Å². The molecule has 2 amide bonds. The minimum Gasteiger partial charge on any atom is -0.445 e. The van der Waals surface area contributed by atoms with Crippen LogP contribution in [0.5, 0.6) is 0 Å². The third kappa shape index (κ3) is 7.45. The number of piperidine rings is 1. The minimum absolute atomic E-state index is 0.000199. The van der Waals surface area contributed by atoms with Gasteiger partial charge in [0.25, 0.3) is 0 Å². The molecule has 190 valence electrons. The van der Waals surface area contributed by atoms with Crippen molar-refractivity contribution < 1.29 is 23.5 Å². The fourth-order valence-electron chi connectivity index (χ4n) is 4.41. The van der Waals surface area contributed by atoms with Crippen molar-refractivity contribution in [2.45, 2.75) is 57.8 Å². The first-order valence-electron chi connectivity index (χ1n) is 12.4. The number of nitrogens with one attached hydrogen (secondary N) is 1. The number of hydrogen-bond donors (Lipinski definition) is 1. The van der Waals surface area contributed by atoms with Crippen LogP contribution in [0.4, 0.5) is 9.59 Å². The highest BCUT2D eigenvalue weighted by Crippen LogP contribution is 2.43. The predicted molar refractivity (Wildman–Crippen MR) is 134 cm³/mol. The number of carbonyl (C=O) groups excluding carboxylic acids is 2. The van der Waals surface area contributed by atoms with Crippen molar-refractivity contribution in [1.29, 1.82) is 0 Å². The molecule has 1 atom stereocenters. The highest BCUT2D eigenvalue weighted by molar-refractivity contribution is 6.75. The molecule has 34 heavy (non-hydrogen) atoms. The molecule has 2 aliphatic heterocycles. The van der Waals surface area contributed by atoms with Crippen LogP contribution in [0.1, 0.15) is 39.2 Å². The van der Waals surface area contributed by atoms with E-state index in [2.05, 4.69) is 32.6 Å². The van der Waals surface area contributed by atoms with Crippen molar-refractivity contribution in [3.8, 4) is 0 Å². The standard InChI is InChI=1S/C25H41N3O5Si/c1-25(2,3)34(4,33-20-32-24(30)28-16-12-26-13-17-28)19-22-10-14-27(15-11-22)23(29)31-18-21-8-6-5-7-9-21/h5-9,22,26H,10-20H2,1-4H3. The van der Waals surface area contributed by atoms with Crippen LogP contribution in [0.25, 0.3) is 0 Å². The number of likely N-dealkylation sites (tertiary alicyclic amines) is 1. The van der Waals surface area contributed by atoms with Gasteiger partial charge in [0.05, 0.1) is 0 Å². The molecule has 0 aliphatic carbocycles. The van der Waals surface area contributed by atoms with E-state index in [1.165, 1.54) is 0 Å². The van der Waals surface area contributed by atoms with Gasteiger partial charge < -0.3 is 29.0 Å². The van der Waals surface area contributed by atoms with Crippen LogP contribution in [-0.2, 0) is 20.5 Å². The van der Waals surface area contributed by atoms with Gasteiger partial charge in [0.2, 0.25) is 0 Å². The molecular formula is C25H41N3O5Si. The maximum atomic E-state index is 12.5. The van der Waals surface area contributed by atoms with E-state index in [-0.39, 0.29) is 24.0 Å². The zero-order chi connectivity index (χ0) is 24.6. The first-order chi connectivity index (χ1) is 16.2. The summed E-state index contributed by atoms with van der Waals surface area (Å²) in [5.74, 6) is 0.484.